The van der Waals surface area contributed by atoms with Gasteiger partial charge in [0.25, 0.3) is 0 Å². The van der Waals surface area contributed by atoms with Gasteiger partial charge in [-0.2, -0.15) is 13.2 Å². The van der Waals surface area contributed by atoms with Gasteiger partial charge in [0.1, 0.15) is 11.6 Å². The lowest BCUT2D eigenvalue weighted by molar-refractivity contribution is -0.185. The normalized spacial score (nSPS) is 20.2. The third-order valence-corrected chi connectivity index (χ3v) is 7.33. The molecule has 12 heteroatoms. The van der Waals surface area contributed by atoms with Crippen LogP contribution in [0.3, 0.4) is 0 Å². The van der Waals surface area contributed by atoms with Crippen molar-refractivity contribution in [1.82, 2.24) is 20.2 Å². The number of alkyl halides is 3. The average Bonchev–Trinajstić information content (AvgIpc) is 2.90. The molecule has 2 aliphatic rings. The highest BCUT2D eigenvalue weighted by atomic mass is 35.5. The molecule has 4 rings (SSSR count). The molecule has 0 spiro atoms. The number of anilines is 2. The molecule has 0 unspecified atom stereocenters. The lowest BCUT2D eigenvalue weighted by atomic mass is 9.81. The van der Waals surface area contributed by atoms with E-state index >= 15 is 0 Å². The number of carbonyl (C=O) groups is 2. The summed E-state index contributed by atoms with van der Waals surface area (Å²) in [5.74, 6) is 0.0243. The van der Waals surface area contributed by atoms with Crippen LogP contribution in [0, 0.1) is 11.8 Å². The number of rotatable bonds is 7. The fourth-order valence-corrected chi connectivity index (χ4v) is 5.05. The Morgan fingerprint density at radius 3 is 2.26 bits per heavy atom. The minimum Gasteiger partial charge on any atom is -0.368 e. The van der Waals surface area contributed by atoms with E-state index in [4.69, 9.17) is 16.6 Å². The van der Waals surface area contributed by atoms with Gasteiger partial charge in [-0.05, 0) is 49.9 Å². The molecule has 38 heavy (non-hydrogen) atoms. The van der Waals surface area contributed by atoms with E-state index in [0.29, 0.717) is 61.8 Å². The van der Waals surface area contributed by atoms with Crippen LogP contribution in [0.25, 0.3) is 11.4 Å². The molecule has 2 aromatic rings. The summed E-state index contributed by atoms with van der Waals surface area (Å²) in [6.07, 6.45) is -3.57. The van der Waals surface area contributed by atoms with Crippen LogP contribution >= 0.6 is 11.6 Å². The Kier molecular flexibility index (Phi) is 8.96. The highest BCUT2D eigenvalue weighted by Gasteiger charge is 2.43. The monoisotopic (exact) mass is 552 g/mol. The van der Waals surface area contributed by atoms with Crippen LogP contribution in [-0.2, 0) is 9.59 Å². The fraction of sp³-hybridized carbons (Fsp3) is 0.538. The Morgan fingerprint density at radius 1 is 1.00 bits per heavy atom. The van der Waals surface area contributed by atoms with Crippen molar-refractivity contribution in [2.24, 2.45) is 11.8 Å². The van der Waals surface area contributed by atoms with Crippen LogP contribution in [0.5, 0.6) is 0 Å². The maximum absolute atomic E-state index is 13.0. The van der Waals surface area contributed by atoms with E-state index in [9.17, 15) is 22.8 Å². The summed E-state index contributed by atoms with van der Waals surface area (Å²) in [7, 11) is 0. The maximum atomic E-state index is 13.0. The topological polar surface area (TPSA) is 90.5 Å². The summed E-state index contributed by atoms with van der Waals surface area (Å²) >= 11 is 6.04. The minimum absolute atomic E-state index is 0.0198. The van der Waals surface area contributed by atoms with E-state index in [2.05, 4.69) is 20.5 Å². The second kappa shape index (κ2) is 12.2. The van der Waals surface area contributed by atoms with Gasteiger partial charge in [-0.3, -0.25) is 9.59 Å². The van der Waals surface area contributed by atoms with Gasteiger partial charge in [-0.25, -0.2) is 9.97 Å². The highest BCUT2D eigenvalue weighted by Crippen LogP contribution is 2.40. The summed E-state index contributed by atoms with van der Waals surface area (Å²) < 4.78 is 39.0. The first kappa shape index (κ1) is 27.9. The van der Waals surface area contributed by atoms with E-state index in [-0.39, 0.29) is 43.4 Å². The van der Waals surface area contributed by atoms with Gasteiger partial charge >= 0.3 is 6.18 Å². The number of halogens is 4. The van der Waals surface area contributed by atoms with Gasteiger partial charge < -0.3 is 20.4 Å². The summed E-state index contributed by atoms with van der Waals surface area (Å²) in [6, 6.07) is 9.05. The summed E-state index contributed by atoms with van der Waals surface area (Å²) in [6.45, 7) is 4.43. The SMILES string of the molecule is CC(=O)NCCNc1cc(N2CCN(C(=O)C3CCC(C(F)(F)F)CC3)CC2)nc(-c2ccc(Cl)cc2)n1. The molecule has 0 radical (unpaired) electrons. The fourth-order valence-electron chi connectivity index (χ4n) is 4.93. The number of hydrogen-bond donors (Lipinski definition) is 2. The molecule has 1 aliphatic carbocycles. The van der Waals surface area contributed by atoms with Crippen LogP contribution in [0.1, 0.15) is 32.6 Å². The van der Waals surface area contributed by atoms with E-state index in [0.717, 1.165) is 5.56 Å². The lowest BCUT2D eigenvalue weighted by Gasteiger charge is -2.38. The van der Waals surface area contributed by atoms with Crippen LogP contribution < -0.4 is 15.5 Å². The summed E-state index contributed by atoms with van der Waals surface area (Å²) in [5.41, 5.74) is 0.796. The van der Waals surface area contributed by atoms with E-state index in [1.165, 1.54) is 6.92 Å². The number of piperazine rings is 1. The Morgan fingerprint density at radius 2 is 1.66 bits per heavy atom. The van der Waals surface area contributed by atoms with Crippen molar-refractivity contribution in [2.45, 2.75) is 38.8 Å². The summed E-state index contributed by atoms with van der Waals surface area (Å²) in [4.78, 5) is 37.4. The molecule has 206 valence electrons. The van der Waals surface area contributed by atoms with Crippen molar-refractivity contribution in [1.29, 1.82) is 0 Å². The van der Waals surface area contributed by atoms with Gasteiger partial charge in [0.2, 0.25) is 11.8 Å². The molecule has 1 saturated heterocycles. The quantitative estimate of drug-likeness (QED) is 0.496. The van der Waals surface area contributed by atoms with E-state index in [1.54, 1.807) is 17.0 Å². The third-order valence-electron chi connectivity index (χ3n) is 7.07. The van der Waals surface area contributed by atoms with Crippen molar-refractivity contribution in [3.8, 4) is 11.4 Å². The number of amides is 2. The standard InChI is InChI=1S/C26H32ClF3N6O2/c1-17(37)31-10-11-32-22-16-23(34-24(33-22)18-4-8-21(27)9-5-18)35-12-14-36(15-13-35)25(38)19-2-6-20(7-3-19)26(28,29)30/h4-5,8-9,16,19-20H,2-3,6-7,10-15H2,1H3,(H,31,37)(H,32,33,34). The first-order valence-corrected chi connectivity index (χ1v) is 13.2. The molecule has 1 aromatic carbocycles. The Labute approximate surface area is 224 Å². The minimum atomic E-state index is -4.18. The molecular weight excluding hydrogens is 521 g/mol. The molecule has 2 N–H and O–H groups in total. The first-order chi connectivity index (χ1) is 18.1. The highest BCUT2D eigenvalue weighted by molar-refractivity contribution is 6.30. The Bertz CT molecular complexity index is 1110. The van der Waals surface area contributed by atoms with Gasteiger partial charge in [-0.15, -0.1) is 0 Å². The molecule has 2 fully saturated rings. The summed E-state index contributed by atoms with van der Waals surface area (Å²) in [5, 5.41) is 6.56. The van der Waals surface area contributed by atoms with Crippen molar-refractivity contribution >= 4 is 35.1 Å². The second-order valence-corrected chi connectivity index (χ2v) is 10.2. The van der Waals surface area contributed by atoms with Gasteiger partial charge in [-0.1, -0.05) is 11.6 Å². The number of carbonyl (C=O) groups excluding carboxylic acids is 2. The zero-order chi connectivity index (χ0) is 27.3. The van der Waals surface area contributed by atoms with Crippen molar-refractivity contribution < 1.29 is 22.8 Å². The number of nitrogens with one attached hydrogen (secondary N) is 2. The predicted molar refractivity (Wildman–Crippen MR) is 140 cm³/mol. The predicted octanol–water partition coefficient (Wildman–Crippen LogP) is 4.36. The lowest BCUT2D eigenvalue weighted by Crippen LogP contribution is -2.51. The van der Waals surface area contributed by atoms with Crippen molar-refractivity contribution in [3.05, 3.63) is 35.4 Å². The van der Waals surface area contributed by atoms with Gasteiger partial charge in [0.05, 0.1) is 5.92 Å². The molecule has 1 aliphatic heterocycles. The zero-order valence-corrected chi connectivity index (χ0v) is 22.0. The molecular formula is C26H32ClF3N6O2. The Hall–Kier alpha value is -3.08. The molecule has 1 aromatic heterocycles. The smallest absolute Gasteiger partial charge is 0.368 e. The first-order valence-electron chi connectivity index (χ1n) is 12.8. The number of aromatic nitrogens is 2. The van der Waals surface area contributed by atoms with Crippen molar-refractivity contribution in [3.63, 3.8) is 0 Å². The van der Waals surface area contributed by atoms with Crippen molar-refractivity contribution in [2.75, 3.05) is 49.5 Å². The Balaban J connectivity index is 1.41. The molecule has 8 nitrogen and oxygen atoms in total. The largest absolute Gasteiger partial charge is 0.391 e. The van der Waals surface area contributed by atoms with Gasteiger partial charge in [0, 0.05) is 68.8 Å². The third kappa shape index (κ3) is 7.27. The van der Waals surface area contributed by atoms with Crippen LogP contribution in [-0.4, -0.2) is 72.1 Å². The van der Waals surface area contributed by atoms with Crippen LogP contribution in [0.2, 0.25) is 5.02 Å². The van der Waals surface area contributed by atoms with Crippen LogP contribution in [0.4, 0.5) is 24.8 Å². The average molecular weight is 553 g/mol. The molecule has 2 amide bonds. The van der Waals surface area contributed by atoms with E-state index < -0.39 is 12.1 Å². The molecule has 2 heterocycles. The zero-order valence-electron chi connectivity index (χ0n) is 21.2. The molecule has 1 saturated carbocycles. The van der Waals surface area contributed by atoms with Gasteiger partial charge in [0.15, 0.2) is 5.82 Å². The molecule has 0 bridgehead atoms. The number of benzene rings is 1. The van der Waals surface area contributed by atoms with E-state index in [1.807, 2.05) is 18.2 Å². The number of nitrogens with zero attached hydrogens (tertiary/aromatic N) is 4. The van der Waals surface area contributed by atoms with Crippen LogP contribution in [0.15, 0.2) is 30.3 Å². The second-order valence-electron chi connectivity index (χ2n) is 9.75. The number of hydrogen-bond acceptors (Lipinski definition) is 6. The maximum Gasteiger partial charge on any atom is 0.391 e. The molecule has 0 atom stereocenters.